The van der Waals surface area contributed by atoms with Gasteiger partial charge in [-0.25, -0.2) is 0 Å². The van der Waals surface area contributed by atoms with Gasteiger partial charge in [0, 0.05) is 0 Å². The van der Waals surface area contributed by atoms with E-state index >= 15 is 0 Å². The van der Waals surface area contributed by atoms with Gasteiger partial charge in [-0.05, 0) is 0 Å². The van der Waals surface area contributed by atoms with Crippen LogP contribution in [0.3, 0.4) is 0 Å². The number of nitrogens with one attached hydrogen (secondary N) is 1. The molecule has 0 bridgehead atoms. The molecule has 1 aromatic rings. The van der Waals surface area contributed by atoms with Gasteiger partial charge in [0.1, 0.15) is 0 Å². The zero-order valence-corrected chi connectivity index (χ0v) is 13.2. The summed E-state index contributed by atoms with van der Waals surface area (Å²) in [7, 11) is 0. The van der Waals surface area contributed by atoms with Gasteiger partial charge in [0.05, 0.1) is 0 Å². The number of aromatic nitrogens is 1. The molecular formula is C11H17N2OPb. The number of nitrogens with zero attached hydrogens (tertiary/aromatic N) is 1. The Kier molecular flexibility index (Phi) is 5.52. The number of hydrogen-bond donors (Lipinski definition) is 1. The Labute approximate surface area is 107 Å². The van der Waals surface area contributed by atoms with Crippen molar-refractivity contribution < 1.29 is 0 Å². The molecule has 15 heavy (non-hydrogen) atoms. The van der Waals surface area contributed by atoms with Crippen molar-refractivity contribution in [3.05, 3.63) is 33.7 Å². The summed E-state index contributed by atoms with van der Waals surface area (Å²) < 4.78 is 1.16. The summed E-state index contributed by atoms with van der Waals surface area (Å²) in [6, 6.07) is 1.62. The maximum atomic E-state index is 11.5. The second kappa shape index (κ2) is 6.42. The number of fused-ring (bicyclic) bond motifs is 1. The number of pyridine rings is 1. The first-order chi connectivity index (χ1) is 7.31. The van der Waals surface area contributed by atoms with Gasteiger partial charge in [-0.15, -0.1) is 0 Å². The predicted octanol–water partition coefficient (Wildman–Crippen LogP) is 0.885. The zero-order chi connectivity index (χ0) is 11.3. The summed E-state index contributed by atoms with van der Waals surface area (Å²) in [5, 5.41) is 0. The van der Waals surface area contributed by atoms with Gasteiger partial charge in [-0.3, -0.25) is 0 Å². The molecule has 0 amide bonds. The average Bonchev–Trinajstić information content (AvgIpc) is 2.32. The molecule has 81 valence electrons. The molecule has 3 nitrogen and oxygen atoms in total. The van der Waals surface area contributed by atoms with Crippen molar-refractivity contribution in [2.24, 2.45) is 0 Å². The van der Waals surface area contributed by atoms with E-state index in [4.69, 9.17) is 0 Å². The summed E-state index contributed by atoms with van der Waals surface area (Å²) in [6.45, 7) is 5.94. The molecule has 0 unspecified atom stereocenters. The topological polar surface area (TPSA) is 36.1 Å². The standard InChI is InChI=1S/C9H11N2O.C2H6.Pb/c1-11-5-3-8-7(6-11)9(12)2-4-10-8;1-2;/h2,4H,1,3,5-6H2,(H,10,12);1-2H3;. The third-order valence-corrected chi connectivity index (χ3v) is 4.18. The van der Waals surface area contributed by atoms with Crippen molar-refractivity contribution in [2.75, 3.05) is 10.6 Å². The molecule has 1 N–H and O–H groups in total. The number of rotatable bonds is 1. The van der Waals surface area contributed by atoms with Gasteiger partial charge >= 0.3 is 93.0 Å². The van der Waals surface area contributed by atoms with Gasteiger partial charge in [-0.2, -0.15) is 0 Å². The van der Waals surface area contributed by atoms with E-state index in [1.807, 2.05) is 13.8 Å². The molecule has 0 saturated heterocycles. The summed E-state index contributed by atoms with van der Waals surface area (Å²) in [5.41, 5.74) is 2.30. The molecule has 1 aliphatic rings. The predicted molar refractivity (Wildman–Crippen MR) is 63.1 cm³/mol. The summed E-state index contributed by atoms with van der Waals surface area (Å²) in [6.07, 6.45) is 2.74. The summed E-state index contributed by atoms with van der Waals surface area (Å²) in [5.74, 6) is 0. The minimum atomic E-state index is 0.188. The monoisotopic (exact) mass is 401 g/mol. The number of hydrogen-bond acceptors (Lipinski definition) is 2. The van der Waals surface area contributed by atoms with Crippen molar-refractivity contribution in [1.82, 2.24) is 9.88 Å². The average molecular weight is 400 g/mol. The zero-order valence-electron chi connectivity index (χ0n) is 9.34. The molecule has 4 heteroatoms. The van der Waals surface area contributed by atoms with E-state index in [9.17, 15) is 4.79 Å². The van der Waals surface area contributed by atoms with Crippen LogP contribution >= 0.6 is 0 Å². The molecule has 0 fully saturated rings. The molecule has 0 spiro atoms. The summed E-state index contributed by atoms with van der Waals surface area (Å²) in [4.78, 5) is 17.0. The fourth-order valence-corrected chi connectivity index (χ4v) is 2.71. The van der Waals surface area contributed by atoms with Gasteiger partial charge in [0.15, 0.2) is 0 Å². The van der Waals surface area contributed by atoms with Gasteiger partial charge < -0.3 is 0 Å². The van der Waals surface area contributed by atoms with E-state index in [-0.39, 0.29) is 5.43 Å². The van der Waals surface area contributed by atoms with Crippen LogP contribution in [0.2, 0.25) is 0 Å². The fraction of sp³-hybridized carbons (Fsp3) is 0.545. The van der Waals surface area contributed by atoms with Crippen molar-refractivity contribution in [3.8, 4) is 0 Å². The Morgan fingerprint density at radius 3 is 2.93 bits per heavy atom. The molecule has 0 aliphatic carbocycles. The van der Waals surface area contributed by atoms with E-state index in [1.165, 1.54) is 25.8 Å². The number of H-pyrrole nitrogens is 1. The van der Waals surface area contributed by atoms with E-state index in [0.717, 1.165) is 34.9 Å². The summed E-state index contributed by atoms with van der Waals surface area (Å²) >= 11 is 1.18. The number of aromatic amines is 1. The Hall–Kier alpha value is -0.168. The van der Waals surface area contributed by atoms with Crippen molar-refractivity contribution in [3.63, 3.8) is 0 Å². The molecule has 0 saturated carbocycles. The van der Waals surface area contributed by atoms with E-state index in [2.05, 4.69) is 9.88 Å². The molecule has 3 radical (unpaired) electrons. The van der Waals surface area contributed by atoms with Gasteiger partial charge in [0.25, 0.3) is 0 Å². The molecule has 2 heterocycles. The van der Waals surface area contributed by atoms with E-state index < -0.39 is 0 Å². The van der Waals surface area contributed by atoms with Crippen LogP contribution in [0.25, 0.3) is 0 Å². The van der Waals surface area contributed by atoms with Crippen LogP contribution in [0, 0.1) is 0 Å². The first-order valence-electron chi connectivity index (χ1n) is 5.37. The van der Waals surface area contributed by atoms with E-state index in [1.54, 1.807) is 12.3 Å². The minimum absolute atomic E-state index is 0.188. The molecular weight excluding hydrogens is 383 g/mol. The van der Waals surface area contributed by atoms with Crippen molar-refractivity contribution >= 4 is 25.8 Å². The van der Waals surface area contributed by atoms with Gasteiger partial charge in [-0.1, -0.05) is 13.8 Å². The SMILES string of the molecule is CC.O=c1cc[nH]c2c1CN([CH2][Pb])CC2. The molecule has 0 atom stereocenters. The third kappa shape index (κ3) is 3.14. The van der Waals surface area contributed by atoms with Crippen LogP contribution in [-0.2, 0) is 13.0 Å². The second-order valence-corrected chi connectivity index (χ2v) is 4.49. The first-order valence-corrected chi connectivity index (χ1v) is 8.12. The van der Waals surface area contributed by atoms with Crippen LogP contribution in [0.15, 0.2) is 17.1 Å². The Balaban J connectivity index is 0.000000531. The quantitative estimate of drug-likeness (QED) is 0.711. The van der Waals surface area contributed by atoms with E-state index in [0.29, 0.717) is 0 Å². The van der Waals surface area contributed by atoms with Crippen LogP contribution in [-0.4, -0.2) is 46.3 Å². The van der Waals surface area contributed by atoms with Crippen LogP contribution in [0.5, 0.6) is 0 Å². The normalized spacial score (nSPS) is 15.1. The van der Waals surface area contributed by atoms with Crippen LogP contribution < -0.4 is 5.43 Å². The molecule has 1 aromatic heterocycles. The van der Waals surface area contributed by atoms with Crippen LogP contribution in [0.1, 0.15) is 25.1 Å². The fourth-order valence-electron chi connectivity index (χ4n) is 1.66. The van der Waals surface area contributed by atoms with Gasteiger partial charge in [0.2, 0.25) is 0 Å². The third-order valence-electron chi connectivity index (χ3n) is 2.44. The first kappa shape index (κ1) is 12.9. The molecule has 0 aromatic carbocycles. The Morgan fingerprint density at radius 2 is 2.27 bits per heavy atom. The van der Waals surface area contributed by atoms with Crippen LogP contribution in [0.4, 0.5) is 0 Å². The Morgan fingerprint density at radius 1 is 1.53 bits per heavy atom. The second-order valence-electron chi connectivity index (χ2n) is 3.26. The van der Waals surface area contributed by atoms with Crippen molar-refractivity contribution in [2.45, 2.75) is 26.8 Å². The maximum absolute atomic E-state index is 11.5. The Bertz CT molecular complexity index is 362. The van der Waals surface area contributed by atoms with Crippen molar-refractivity contribution in [1.29, 1.82) is 0 Å². The molecule has 2 rings (SSSR count). The molecule has 1 aliphatic heterocycles.